The Balaban J connectivity index is 1.33. The number of hydrogen-bond donors (Lipinski definition) is 0. The summed E-state index contributed by atoms with van der Waals surface area (Å²) in [5.41, 5.74) is 5.13. The van der Waals surface area contributed by atoms with Crippen LogP contribution in [-0.4, -0.2) is 37.6 Å². The zero-order valence-electron chi connectivity index (χ0n) is 24.5. The summed E-state index contributed by atoms with van der Waals surface area (Å²) in [5.74, 6) is 2.10. The van der Waals surface area contributed by atoms with Gasteiger partial charge in [0.25, 0.3) is 5.56 Å². The zero-order chi connectivity index (χ0) is 30.5. The minimum Gasteiger partial charge on any atom is -0.494 e. The molecule has 0 amide bonds. The Morgan fingerprint density at radius 3 is 2.52 bits per heavy atom. The van der Waals surface area contributed by atoms with Crippen molar-refractivity contribution in [2.75, 3.05) is 13.2 Å². The Bertz CT molecular complexity index is 2060. The Kier molecular flexibility index (Phi) is 8.47. The van der Waals surface area contributed by atoms with Crippen molar-refractivity contribution in [3.05, 3.63) is 129 Å². The average Bonchev–Trinajstić information content (AvgIpc) is 3.74. The van der Waals surface area contributed by atoms with E-state index < -0.39 is 0 Å². The highest BCUT2D eigenvalue weighted by Crippen LogP contribution is 2.29. The summed E-state index contributed by atoms with van der Waals surface area (Å²) in [5, 5.41) is 9.37. The third kappa shape index (κ3) is 6.23. The van der Waals surface area contributed by atoms with E-state index in [4.69, 9.17) is 14.6 Å². The number of para-hydroxylation sites is 1. The summed E-state index contributed by atoms with van der Waals surface area (Å²) in [7, 11) is 0. The van der Waals surface area contributed by atoms with E-state index in [-0.39, 0.29) is 5.56 Å². The molecule has 6 rings (SSSR count). The fourth-order valence-corrected chi connectivity index (χ4v) is 5.57. The Labute approximate surface area is 258 Å². The van der Waals surface area contributed by atoms with Gasteiger partial charge in [-0.1, -0.05) is 67.3 Å². The van der Waals surface area contributed by atoms with Crippen LogP contribution in [-0.2, 0) is 0 Å². The van der Waals surface area contributed by atoms with E-state index in [0.717, 1.165) is 51.6 Å². The molecule has 0 unspecified atom stereocenters. The van der Waals surface area contributed by atoms with Crippen LogP contribution in [0.15, 0.2) is 96.4 Å². The highest BCUT2D eigenvalue weighted by Gasteiger charge is 2.15. The van der Waals surface area contributed by atoms with E-state index in [0.29, 0.717) is 28.5 Å². The van der Waals surface area contributed by atoms with E-state index in [1.165, 1.54) is 15.9 Å². The molecule has 3 aromatic heterocycles. The number of aromatic nitrogens is 5. The maximum absolute atomic E-state index is 13.4. The second-order valence-corrected chi connectivity index (χ2v) is 11.1. The second-order valence-electron chi connectivity index (χ2n) is 10.1. The largest absolute Gasteiger partial charge is 0.494 e. The molecule has 0 aliphatic carbocycles. The number of ether oxygens (including phenoxy) is 2. The van der Waals surface area contributed by atoms with Gasteiger partial charge in [0.15, 0.2) is 5.82 Å². The molecule has 0 bridgehead atoms. The molecule has 220 valence electrons. The molecule has 0 spiro atoms. The van der Waals surface area contributed by atoms with Gasteiger partial charge in [0.05, 0.1) is 16.8 Å². The van der Waals surface area contributed by atoms with Gasteiger partial charge in [-0.2, -0.15) is 14.6 Å². The first-order valence-corrected chi connectivity index (χ1v) is 15.2. The van der Waals surface area contributed by atoms with Gasteiger partial charge >= 0.3 is 0 Å². The molecule has 3 heterocycles. The van der Waals surface area contributed by atoms with Crippen molar-refractivity contribution in [3.8, 4) is 28.4 Å². The minimum absolute atomic E-state index is 0.225. The molecule has 0 aliphatic rings. The minimum atomic E-state index is -0.225. The third-order valence-corrected chi connectivity index (χ3v) is 7.79. The van der Waals surface area contributed by atoms with E-state index in [1.54, 1.807) is 12.2 Å². The van der Waals surface area contributed by atoms with Crippen LogP contribution in [0.4, 0.5) is 0 Å². The quantitative estimate of drug-likeness (QED) is 0.160. The van der Waals surface area contributed by atoms with Crippen molar-refractivity contribution in [3.63, 3.8) is 0 Å². The van der Waals surface area contributed by atoms with Crippen molar-refractivity contribution in [2.45, 2.75) is 20.3 Å². The van der Waals surface area contributed by atoms with Gasteiger partial charge in [0.1, 0.15) is 23.8 Å². The summed E-state index contributed by atoms with van der Waals surface area (Å²) >= 11 is 1.30. The van der Waals surface area contributed by atoms with Gasteiger partial charge in [-0.15, -0.1) is 5.10 Å². The average molecular weight is 602 g/mol. The van der Waals surface area contributed by atoms with E-state index in [9.17, 15) is 4.79 Å². The van der Waals surface area contributed by atoms with Gasteiger partial charge in [0.2, 0.25) is 4.96 Å². The fourth-order valence-electron chi connectivity index (χ4n) is 4.66. The molecule has 3 aromatic carbocycles. The molecule has 6 aromatic rings. The fraction of sp³-hybridized carbons (Fsp3) is 0.143. The van der Waals surface area contributed by atoms with Crippen LogP contribution < -0.4 is 19.6 Å². The normalized spacial score (nSPS) is 11.9. The monoisotopic (exact) mass is 601 g/mol. The summed E-state index contributed by atoms with van der Waals surface area (Å²) in [6.07, 6.45) is 10.2. The van der Waals surface area contributed by atoms with Crippen LogP contribution in [0.3, 0.4) is 0 Å². The summed E-state index contributed by atoms with van der Waals surface area (Å²) < 4.78 is 15.1. The number of benzene rings is 3. The number of hydrogen-bond acceptors (Lipinski definition) is 7. The predicted octanol–water partition coefficient (Wildman–Crippen LogP) is 6.38. The van der Waals surface area contributed by atoms with Crippen LogP contribution in [0.5, 0.6) is 11.5 Å². The highest BCUT2D eigenvalue weighted by molar-refractivity contribution is 7.15. The molecule has 0 aliphatic heterocycles. The lowest BCUT2D eigenvalue weighted by molar-refractivity contribution is 0.317. The van der Waals surface area contributed by atoms with Crippen LogP contribution in [0.2, 0.25) is 0 Å². The van der Waals surface area contributed by atoms with E-state index in [2.05, 4.69) is 23.6 Å². The van der Waals surface area contributed by atoms with Gasteiger partial charge in [-0.3, -0.25) is 4.79 Å². The molecule has 44 heavy (non-hydrogen) atoms. The van der Waals surface area contributed by atoms with Crippen molar-refractivity contribution in [1.29, 1.82) is 0 Å². The summed E-state index contributed by atoms with van der Waals surface area (Å²) in [6.45, 7) is 8.92. The molecule has 0 N–H and O–H groups in total. The maximum Gasteiger partial charge on any atom is 0.291 e. The number of rotatable bonds is 11. The van der Waals surface area contributed by atoms with Gasteiger partial charge < -0.3 is 9.47 Å². The lowest BCUT2D eigenvalue weighted by Crippen LogP contribution is -2.23. The Morgan fingerprint density at radius 2 is 1.80 bits per heavy atom. The van der Waals surface area contributed by atoms with Crippen LogP contribution >= 0.6 is 11.3 Å². The van der Waals surface area contributed by atoms with Crippen molar-refractivity contribution < 1.29 is 9.47 Å². The second kappa shape index (κ2) is 12.9. The number of thiazole rings is 1. The van der Waals surface area contributed by atoms with Crippen molar-refractivity contribution in [2.24, 2.45) is 0 Å². The number of nitrogens with zero attached hydrogens (tertiary/aromatic N) is 5. The lowest BCUT2D eigenvalue weighted by Gasteiger charge is -2.08. The first-order chi connectivity index (χ1) is 21.5. The summed E-state index contributed by atoms with van der Waals surface area (Å²) in [6, 6.07) is 23.7. The maximum atomic E-state index is 13.4. The molecule has 0 saturated heterocycles. The molecule has 0 radical (unpaired) electrons. The molecular weight excluding hydrogens is 570 g/mol. The molecule has 0 fully saturated rings. The third-order valence-electron chi connectivity index (χ3n) is 6.83. The Morgan fingerprint density at radius 1 is 0.977 bits per heavy atom. The van der Waals surface area contributed by atoms with E-state index >= 15 is 0 Å². The van der Waals surface area contributed by atoms with Crippen LogP contribution in [0.25, 0.3) is 40.1 Å². The number of aryl methyl sites for hydroxylation is 1. The topological polar surface area (TPSA) is 83.5 Å². The van der Waals surface area contributed by atoms with Crippen molar-refractivity contribution in [1.82, 2.24) is 24.4 Å². The highest BCUT2D eigenvalue weighted by atomic mass is 32.1. The molecule has 0 atom stereocenters. The molecule has 8 nitrogen and oxygen atoms in total. The van der Waals surface area contributed by atoms with Crippen LogP contribution in [0.1, 0.15) is 35.9 Å². The molecule has 9 heteroatoms. The predicted molar refractivity (Wildman–Crippen MR) is 177 cm³/mol. The van der Waals surface area contributed by atoms with Crippen LogP contribution in [0, 0.1) is 6.92 Å². The first-order valence-electron chi connectivity index (χ1n) is 14.3. The summed E-state index contributed by atoms with van der Waals surface area (Å²) in [4.78, 5) is 18.5. The molecular formula is C35H31N5O3S. The van der Waals surface area contributed by atoms with Gasteiger partial charge in [0, 0.05) is 17.3 Å². The van der Waals surface area contributed by atoms with E-state index in [1.807, 2.05) is 103 Å². The van der Waals surface area contributed by atoms with Gasteiger partial charge in [-0.25, -0.2) is 4.68 Å². The zero-order valence-corrected chi connectivity index (χ0v) is 25.3. The first kappa shape index (κ1) is 28.8. The Hall–Kier alpha value is -5.28. The number of fused-ring (bicyclic) bond motifs is 1. The molecule has 0 saturated carbocycles. The SMILES string of the molecule is C=CCOc1ccc(-c2nn(-c3ccccc3)cc2/C=c2\sc3nc(/C=C/c4ccc(OCCC)cc4)nn3c2=O)cc1C. The lowest BCUT2D eigenvalue weighted by atomic mass is 10.0. The smallest absolute Gasteiger partial charge is 0.291 e. The standard InChI is InChI=1S/C35H31N5O3S/c1-4-19-42-29-15-11-25(12-16-29)13-18-32-36-35-40(37-32)34(41)31(44-35)22-27-23-39(28-9-7-6-8-10-28)38-33(27)26-14-17-30(24(3)21-26)43-20-5-2/h5-18,21-23H,2,4,19-20H2,1,3H3/b18-13+,31-22-. The van der Waals surface area contributed by atoms with Gasteiger partial charge in [-0.05, 0) is 79.1 Å². The van der Waals surface area contributed by atoms with Crippen molar-refractivity contribution >= 4 is 34.5 Å².